The van der Waals surface area contributed by atoms with Gasteiger partial charge < -0.3 is 5.32 Å². The largest absolute Gasteiger partial charge is 0.366 e. The molecule has 3 rings (SSSR count). The minimum absolute atomic E-state index is 0.454. The lowest BCUT2D eigenvalue weighted by Gasteiger charge is -2.19. The molecule has 102 valence electrons. The van der Waals surface area contributed by atoms with Crippen LogP contribution in [0.1, 0.15) is 12.0 Å². The molecule has 0 fully saturated rings. The SMILES string of the molecule is Brc1ccc(C2=NCNC(C3=CCC(Br)C=C3)=C2)cc1. The van der Waals surface area contributed by atoms with Crippen molar-refractivity contribution in [3.05, 3.63) is 69.9 Å². The highest BCUT2D eigenvalue weighted by molar-refractivity contribution is 9.10. The van der Waals surface area contributed by atoms with E-state index in [-0.39, 0.29) is 0 Å². The summed E-state index contributed by atoms with van der Waals surface area (Å²) in [6, 6.07) is 8.26. The zero-order chi connectivity index (χ0) is 13.9. The average Bonchev–Trinajstić information content (AvgIpc) is 2.49. The van der Waals surface area contributed by atoms with Crippen LogP contribution >= 0.6 is 31.9 Å². The average molecular weight is 394 g/mol. The first kappa shape index (κ1) is 13.8. The third-order valence-electron chi connectivity index (χ3n) is 3.30. The summed E-state index contributed by atoms with van der Waals surface area (Å²) in [5.41, 5.74) is 4.56. The van der Waals surface area contributed by atoms with E-state index in [4.69, 9.17) is 0 Å². The topological polar surface area (TPSA) is 24.4 Å². The molecule has 2 aliphatic rings. The van der Waals surface area contributed by atoms with Crippen molar-refractivity contribution >= 4 is 37.6 Å². The molecule has 1 aliphatic heterocycles. The number of rotatable bonds is 2. The molecule has 0 saturated heterocycles. The zero-order valence-corrected chi connectivity index (χ0v) is 14.0. The molecule has 0 aromatic heterocycles. The van der Waals surface area contributed by atoms with Crippen LogP contribution < -0.4 is 5.32 Å². The van der Waals surface area contributed by atoms with Crippen molar-refractivity contribution in [3.8, 4) is 0 Å². The lowest BCUT2D eigenvalue weighted by Crippen LogP contribution is -2.22. The maximum atomic E-state index is 4.54. The summed E-state index contributed by atoms with van der Waals surface area (Å²) in [5, 5.41) is 3.34. The van der Waals surface area contributed by atoms with Crippen molar-refractivity contribution in [2.24, 2.45) is 4.99 Å². The van der Waals surface area contributed by atoms with Crippen LogP contribution in [-0.4, -0.2) is 17.2 Å². The second-order valence-electron chi connectivity index (χ2n) is 4.71. The number of aliphatic imine (C=N–C) groups is 1. The second-order valence-corrected chi connectivity index (χ2v) is 6.81. The van der Waals surface area contributed by atoms with Gasteiger partial charge in [0.05, 0.1) is 5.71 Å². The van der Waals surface area contributed by atoms with Crippen LogP contribution in [0.15, 0.2) is 69.3 Å². The minimum atomic E-state index is 0.454. The fourth-order valence-electron chi connectivity index (χ4n) is 2.22. The molecule has 1 aliphatic carbocycles. The highest BCUT2D eigenvalue weighted by atomic mass is 79.9. The van der Waals surface area contributed by atoms with Crippen LogP contribution in [0.5, 0.6) is 0 Å². The van der Waals surface area contributed by atoms with Crippen LogP contribution in [0.3, 0.4) is 0 Å². The Kier molecular flexibility index (Phi) is 4.22. The number of hydrogen-bond donors (Lipinski definition) is 1. The van der Waals surface area contributed by atoms with Crippen molar-refractivity contribution in [3.63, 3.8) is 0 Å². The molecule has 1 aromatic rings. The summed E-state index contributed by atoms with van der Waals surface area (Å²) in [5.74, 6) is 0. The highest BCUT2D eigenvalue weighted by Crippen LogP contribution is 2.22. The van der Waals surface area contributed by atoms with Crippen LogP contribution in [0, 0.1) is 0 Å². The first-order valence-electron chi connectivity index (χ1n) is 6.51. The maximum Gasteiger partial charge on any atom is 0.108 e. The van der Waals surface area contributed by atoms with Gasteiger partial charge in [-0.15, -0.1) is 0 Å². The number of halogens is 2. The van der Waals surface area contributed by atoms with E-state index in [9.17, 15) is 0 Å². The van der Waals surface area contributed by atoms with Crippen molar-refractivity contribution in [1.82, 2.24) is 5.32 Å². The van der Waals surface area contributed by atoms with E-state index >= 15 is 0 Å². The molecule has 2 nitrogen and oxygen atoms in total. The quantitative estimate of drug-likeness (QED) is 0.743. The predicted molar refractivity (Wildman–Crippen MR) is 91.3 cm³/mol. The van der Waals surface area contributed by atoms with E-state index < -0.39 is 0 Å². The Morgan fingerprint density at radius 3 is 2.70 bits per heavy atom. The van der Waals surface area contributed by atoms with E-state index in [0.717, 1.165) is 27.9 Å². The predicted octanol–water partition coefficient (Wildman–Crippen LogP) is 4.33. The Morgan fingerprint density at radius 1 is 1.20 bits per heavy atom. The van der Waals surface area contributed by atoms with Gasteiger partial charge in [0.2, 0.25) is 0 Å². The van der Waals surface area contributed by atoms with Crippen molar-refractivity contribution in [1.29, 1.82) is 0 Å². The van der Waals surface area contributed by atoms with E-state index in [1.807, 2.05) is 12.1 Å². The van der Waals surface area contributed by atoms with Gasteiger partial charge in [-0.1, -0.05) is 62.2 Å². The molecule has 1 aromatic carbocycles. The Balaban J connectivity index is 1.86. The Hall–Kier alpha value is -1.13. The smallest absolute Gasteiger partial charge is 0.108 e. The maximum absolute atomic E-state index is 4.54. The van der Waals surface area contributed by atoms with Gasteiger partial charge in [-0.25, -0.2) is 0 Å². The third kappa shape index (κ3) is 3.13. The molecular formula is C16H14Br2N2. The van der Waals surface area contributed by atoms with Gasteiger partial charge >= 0.3 is 0 Å². The Bertz CT molecular complexity index is 624. The molecule has 0 spiro atoms. The number of nitrogens with one attached hydrogen (secondary N) is 1. The molecule has 4 heteroatoms. The molecule has 0 amide bonds. The van der Waals surface area contributed by atoms with Crippen LogP contribution in [0.4, 0.5) is 0 Å². The molecule has 0 saturated carbocycles. The normalized spacial score (nSPS) is 21.7. The summed E-state index contributed by atoms with van der Waals surface area (Å²) < 4.78 is 1.08. The van der Waals surface area contributed by atoms with E-state index in [2.05, 4.69) is 78.6 Å². The second kappa shape index (κ2) is 6.10. The molecule has 1 unspecified atom stereocenters. The molecular weight excluding hydrogens is 380 g/mol. The van der Waals surface area contributed by atoms with E-state index in [1.165, 1.54) is 5.57 Å². The summed E-state index contributed by atoms with van der Waals surface area (Å²) in [4.78, 5) is 5.00. The monoisotopic (exact) mass is 392 g/mol. The Morgan fingerprint density at radius 2 is 2.00 bits per heavy atom. The van der Waals surface area contributed by atoms with Gasteiger partial charge in [-0.3, -0.25) is 4.99 Å². The standard InChI is InChI=1S/C16H14Br2N2/c17-13-5-1-11(2-6-13)15-9-16(20-10-19-15)12-3-7-14(18)8-4-12/h1-7,9,14,20H,8,10H2. The number of alkyl halides is 1. The number of nitrogens with zero attached hydrogens (tertiary/aromatic N) is 1. The van der Waals surface area contributed by atoms with Gasteiger partial charge in [0, 0.05) is 15.0 Å². The van der Waals surface area contributed by atoms with E-state index in [0.29, 0.717) is 11.5 Å². The van der Waals surface area contributed by atoms with Crippen LogP contribution in [0.2, 0.25) is 0 Å². The molecule has 0 bridgehead atoms. The lowest BCUT2D eigenvalue weighted by atomic mass is 10.0. The summed E-state index contributed by atoms with van der Waals surface area (Å²) in [6.45, 7) is 0.625. The van der Waals surface area contributed by atoms with Gasteiger partial charge in [0.1, 0.15) is 6.67 Å². The summed E-state index contributed by atoms with van der Waals surface area (Å²) in [6.07, 6.45) is 9.74. The number of benzene rings is 1. The van der Waals surface area contributed by atoms with Crippen molar-refractivity contribution in [2.45, 2.75) is 11.2 Å². The summed E-state index contributed by atoms with van der Waals surface area (Å²) >= 11 is 7.05. The van der Waals surface area contributed by atoms with Crippen molar-refractivity contribution in [2.75, 3.05) is 6.67 Å². The first-order chi connectivity index (χ1) is 9.72. The molecule has 20 heavy (non-hydrogen) atoms. The summed E-state index contributed by atoms with van der Waals surface area (Å²) in [7, 11) is 0. The first-order valence-corrected chi connectivity index (χ1v) is 8.22. The number of hydrogen-bond acceptors (Lipinski definition) is 2. The van der Waals surface area contributed by atoms with Crippen molar-refractivity contribution < 1.29 is 0 Å². The fourth-order valence-corrected chi connectivity index (χ4v) is 2.82. The Labute approximate surface area is 135 Å². The van der Waals surface area contributed by atoms with Crippen LogP contribution in [0.25, 0.3) is 0 Å². The number of allylic oxidation sites excluding steroid dienone is 4. The molecule has 0 radical (unpaired) electrons. The zero-order valence-electron chi connectivity index (χ0n) is 10.8. The molecule has 1 heterocycles. The minimum Gasteiger partial charge on any atom is -0.366 e. The van der Waals surface area contributed by atoms with Gasteiger partial charge in [0.15, 0.2) is 0 Å². The van der Waals surface area contributed by atoms with Gasteiger partial charge in [-0.05, 0) is 35.8 Å². The molecule has 1 atom stereocenters. The lowest BCUT2D eigenvalue weighted by molar-refractivity contribution is 0.825. The van der Waals surface area contributed by atoms with Gasteiger partial charge in [0.25, 0.3) is 0 Å². The third-order valence-corrected chi connectivity index (χ3v) is 4.51. The fraction of sp³-hybridized carbons (Fsp3) is 0.188. The molecule has 1 N–H and O–H groups in total. The van der Waals surface area contributed by atoms with Crippen LogP contribution in [-0.2, 0) is 0 Å². The highest BCUT2D eigenvalue weighted by Gasteiger charge is 2.13. The van der Waals surface area contributed by atoms with E-state index in [1.54, 1.807) is 0 Å². The van der Waals surface area contributed by atoms with Gasteiger partial charge in [-0.2, -0.15) is 0 Å².